The second-order valence-electron chi connectivity index (χ2n) is 7.03. The van der Waals surface area contributed by atoms with E-state index in [9.17, 15) is 9.59 Å². The van der Waals surface area contributed by atoms with E-state index in [2.05, 4.69) is 27.9 Å². The molecule has 2 amide bonds. The van der Waals surface area contributed by atoms with E-state index in [1.807, 2.05) is 69.3 Å². The van der Waals surface area contributed by atoms with Gasteiger partial charge in [0, 0.05) is 16.2 Å². The van der Waals surface area contributed by atoms with Crippen LogP contribution in [0.2, 0.25) is 0 Å². The number of halogens is 1. The van der Waals surface area contributed by atoms with Crippen molar-refractivity contribution < 1.29 is 14.3 Å². The Morgan fingerprint density at radius 3 is 2.32 bits per heavy atom. The first-order chi connectivity index (χ1) is 13.3. The molecule has 0 radical (unpaired) electrons. The molecular formula is C22H27IN2O3. The Bertz CT molecular complexity index is 806. The van der Waals surface area contributed by atoms with Gasteiger partial charge < -0.3 is 15.0 Å². The molecule has 0 bridgehead atoms. The summed E-state index contributed by atoms with van der Waals surface area (Å²) >= 11 is 2.21. The number of rotatable bonds is 8. The Morgan fingerprint density at radius 1 is 1.07 bits per heavy atom. The number of hydrogen-bond acceptors (Lipinski definition) is 3. The molecule has 1 atom stereocenters. The van der Waals surface area contributed by atoms with E-state index in [1.165, 1.54) is 0 Å². The lowest BCUT2D eigenvalue weighted by atomic mass is 10.1. The molecule has 0 aliphatic heterocycles. The number of ether oxygens (including phenoxy) is 1. The molecule has 2 aromatic rings. The van der Waals surface area contributed by atoms with Crippen LogP contribution < -0.4 is 10.1 Å². The molecule has 0 unspecified atom stereocenters. The molecule has 150 valence electrons. The Labute approximate surface area is 180 Å². The van der Waals surface area contributed by atoms with Crippen LogP contribution in [-0.2, 0) is 16.1 Å². The molecule has 0 aromatic heterocycles. The van der Waals surface area contributed by atoms with Crippen LogP contribution in [0.3, 0.4) is 0 Å². The van der Waals surface area contributed by atoms with Gasteiger partial charge in [0.25, 0.3) is 5.91 Å². The van der Waals surface area contributed by atoms with Gasteiger partial charge in [-0.05, 0) is 85.7 Å². The Hall–Kier alpha value is -2.09. The first kappa shape index (κ1) is 22.2. The van der Waals surface area contributed by atoms with Crippen LogP contribution in [0, 0.1) is 10.5 Å². The summed E-state index contributed by atoms with van der Waals surface area (Å²) in [6, 6.07) is 14.8. The Balaban J connectivity index is 2.15. The van der Waals surface area contributed by atoms with Crippen LogP contribution in [0.15, 0.2) is 48.5 Å². The lowest BCUT2D eigenvalue weighted by Crippen LogP contribution is -2.50. The SMILES string of the molecule is Cc1ccccc1CN(C(=O)COc1ccc(I)cc1)[C@@H](C)C(=O)NC(C)C. The number of nitrogens with one attached hydrogen (secondary N) is 1. The zero-order valence-corrected chi connectivity index (χ0v) is 18.9. The smallest absolute Gasteiger partial charge is 0.261 e. The fourth-order valence-corrected chi connectivity index (χ4v) is 3.08. The van der Waals surface area contributed by atoms with E-state index < -0.39 is 6.04 Å². The summed E-state index contributed by atoms with van der Waals surface area (Å²) in [5.41, 5.74) is 2.09. The van der Waals surface area contributed by atoms with Gasteiger partial charge in [-0.2, -0.15) is 0 Å². The number of nitrogens with zero attached hydrogens (tertiary/aromatic N) is 1. The van der Waals surface area contributed by atoms with E-state index in [0.717, 1.165) is 14.7 Å². The molecule has 0 aliphatic carbocycles. The minimum Gasteiger partial charge on any atom is -0.484 e. The molecule has 2 rings (SSSR count). The number of hydrogen-bond donors (Lipinski definition) is 1. The van der Waals surface area contributed by atoms with Crippen molar-refractivity contribution in [2.75, 3.05) is 6.61 Å². The number of aryl methyl sites for hydroxylation is 1. The molecule has 5 nitrogen and oxygen atoms in total. The fourth-order valence-electron chi connectivity index (χ4n) is 2.72. The standard InChI is InChI=1S/C22H27IN2O3/c1-15(2)24-22(27)17(4)25(13-18-8-6-5-7-16(18)3)21(26)14-28-20-11-9-19(23)10-12-20/h5-12,15,17H,13-14H2,1-4H3,(H,24,27)/t17-/m0/s1. The normalized spacial score (nSPS) is 11.8. The summed E-state index contributed by atoms with van der Waals surface area (Å²) in [4.78, 5) is 27.1. The van der Waals surface area contributed by atoms with Crippen molar-refractivity contribution in [1.29, 1.82) is 0 Å². The summed E-state index contributed by atoms with van der Waals surface area (Å²) < 4.78 is 6.75. The molecule has 0 heterocycles. The minimum atomic E-state index is -0.602. The molecule has 0 spiro atoms. The van der Waals surface area contributed by atoms with Crippen LogP contribution in [0.5, 0.6) is 5.75 Å². The van der Waals surface area contributed by atoms with Gasteiger partial charge in [-0.25, -0.2) is 0 Å². The molecule has 0 saturated carbocycles. The van der Waals surface area contributed by atoms with E-state index in [4.69, 9.17) is 4.74 Å². The minimum absolute atomic E-state index is 0.00778. The highest BCUT2D eigenvalue weighted by Crippen LogP contribution is 2.16. The van der Waals surface area contributed by atoms with Crippen LogP contribution in [0.25, 0.3) is 0 Å². The van der Waals surface area contributed by atoms with Gasteiger partial charge in [0.1, 0.15) is 11.8 Å². The van der Waals surface area contributed by atoms with Crippen molar-refractivity contribution in [2.45, 2.75) is 46.3 Å². The second kappa shape index (κ2) is 10.5. The third-order valence-corrected chi connectivity index (χ3v) is 5.10. The number of carbonyl (C=O) groups excluding carboxylic acids is 2. The second-order valence-corrected chi connectivity index (χ2v) is 8.28. The summed E-state index contributed by atoms with van der Waals surface area (Å²) in [6.45, 7) is 7.79. The Kier molecular flexibility index (Phi) is 8.29. The number of benzene rings is 2. The van der Waals surface area contributed by atoms with Crippen molar-refractivity contribution in [3.05, 3.63) is 63.2 Å². The highest BCUT2D eigenvalue weighted by molar-refractivity contribution is 14.1. The predicted octanol–water partition coefficient (Wildman–Crippen LogP) is 3.92. The largest absolute Gasteiger partial charge is 0.484 e. The van der Waals surface area contributed by atoms with E-state index in [0.29, 0.717) is 12.3 Å². The molecule has 28 heavy (non-hydrogen) atoms. The molecule has 0 aliphatic rings. The maximum Gasteiger partial charge on any atom is 0.261 e. The zero-order valence-electron chi connectivity index (χ0n) is 16.7. The van der Waals surface area contributed by atoms with Crippen LogP contribution in [0.1, 0.15) is 31.9 Å². The lowest BCUT2D eigenvalue weighted by molar-refractivity contribution is -0.142. The molecule has 2 aromatic carbocycles. The van der Waals surface area contributed by atoms with E-state index in [1.54, 1.807) is 11.8 Å². The van der Waals surface area contributed by atoms with E-state index in [-0.39, 0.29) is 24.5 Å². The summed E-state index contributed by atoms with van der Waals surface area (Å²) in [6.07, 6.45) is 0. The maximum atomic E-state index is 13.0. The van der Waals surface area contributed by atoms with Crippen molar-refractivity contribution >= 4 is 34.4 Å². The zero-order chi connectivity index (χ0) is 20.7. The lowest BCUT2D eigenvalue weighted by Gasteiger charge is -2.29. The van der Waals surface area contributed by atoms with Crippen LogP contribution in [-0.4, -0.2) is 35.4 Å². The quantitative estimate of drug-likeness (QED) is 0.567. The van der Waals surface area contributed by atoms with E-state index >= 15 is 0 Å². The van der Waals surface area contributed by atoms with Gasteiger partial charge >= 0.3 is 0 Å². The first-order valence-corrected chi connectivity index (χ1v) is 10.4. The van der Waals surface area contributed by atoms with Crippen molar-refractivity contribution in [3.8, 4) is 5.75 Å². The molecular weight excluding hydrogens is 467 g/mol. The van der Waals surface area contributed by atoms with Gasteiger partial charge in [-0.1, -0.05) is 24.3 Å². The van der Waals surface area contributed by atoms with Crippen molar-refractivity contribution in [2.24, 2.45) is 0 Å². The van der Waals surface area contributed by atoms with Crippen molar-refractivity contribution in [1.82, 2.24) is 10.2 Å². The molecule has 1 N–H and O–H groups in total. The molecule has 6 heteroatoms. The highest BCUT2D eigenvalue weighted by atomic mass is 127. The van der Waals surface area contributed by atoms with Gasteiger partial charge in [-0.3, -0.25) is 9.59 Å². The summed E-state index contributed by atoms with van der Waals surface area (Å²) in [7, 11) is 0. The average molecular weight is 494 g/mol. The Morgan fingerprint density at radius 2 is 1.71 bits per heavy atom. The fraction of sp³-hybridized carbons (Fsp3) is 0.364. The van der Waals surface area contributed by atoms with Crippen molar-refractivity contribution in [3.63, 3.8) is 0 Å². The summed E-state index contributed by atoms with van der Waals surface area (Å²) in [5.74, 6) is 0.225. The maximum absolute atomic E-state index is 13.0. The molecule has 0 saturated heterocycles. The van der Waals surface area contributed by atoms with Gasteiger partial charge in [0.05, 0.1) is 0 Å². The predicted molar refractivity (Wildman–Crippen MR) is 119 cm³/mol. The third kappa shape index (κ3) is 6.51. The number of carbonyl (C=O) groups is 2. The topological polar surface area (TPSA) is 58.6 Å². The molecule has 0 fully saturated rings. The number of amides is 2. The van der Waals surface area contributed by atoms with Gasteiger partial charge in [0.2, 0.25) is 5.91 Å². The van der Waals surface area contributed by atoms with Gasteiger partial charge in [0.15, 0.2) is 6.61 Å². The first-order valence-electron chi connectivity index (χ1n) is 9.30. The highest BCUT2D eigenvalue weighted by Gasteiger charge is 2.27. The summed E-state index contributed by atoms with van der Waals surface area (Å²) in [5, 5.41) is 2.88. The monoisotopic (exact) mass is 494 g/mol. The van der Waals surface area contributed by atoms with Crippen LogP contribution in [0.4, 0.5) is 0 Å². The van der Waals surface area contributed by atoms with Crippen LogP contribution >= 0.6 is 22.6 Å². The average Bonchev–Trinajstić information content (AvgIpc) is 2.65. The third-order valence-electron chi connectivity index (χ3n) is 4.38. The van der Waals surface area contributed by atoms with Gasteiger partial charge in [-0.15, -0.1) is 0 Å².